The molecule has 1 fully saturated rings. The summed E-state index contributed by atoms with van der Waals surface area (Å²) in [5, 5.41) is 3.56. The molecule has 2 unspecified atom stereocenters. The molecule has 1 N–H and O–H groups in total. The van der Waals surface area contributed by atoms with Crippen LogP contribution < -0.4 is 5.32 Å². The van der Waals surface area contributed by atoms with Gasteiger partial charge in [0.1, 0.15) is 0 Å². The van der Waals surface area contributed by atoms with Crippen LogP contribution in [0.5, 0.6) is 0 Å². The molecular weight excluding hydrogens is 196 g/mol. The summed E-state index contributed by atoms with van der Waals surface area (Å²) in [6, 6.07) is 5.04. The zero-order valence-electron chi connectivity index (χ0n) is 10.4. The van der Waals surface area contributed by atoms with Gasteiger partial charge in [0.25, 0.3) is 0 Å². The minimum atomic E-state index is 0.720. The second-order valence-electron chi connectivity index (χ2n) is 5.10. The molecule has 16 heavy (non-hydrogen) atoms. The van der Waals surface area contributed by atoms with Crippen LogP contribution in [0.3, 0.4) is 0 Å². The summed E-state index contributed by atoms with van der Waals surface area (Å²) in [6.07, 6.45) is 7.21. The maximum Gasteiger partial charge on any atom is 0.0372 e. The quantitative estimate of drug-likeness (QED) is 0.843. The van der Waals surface area contributed by atoms with Gasteiger partial charge in [-0.3, -0.25) is 4.98 Å². The maximum atomic E-state index is 4.34. The van der Waals surface area contributed by atoms with Crippen LogP contribution >= 0.6 is 0 Å². The van der Waals surface area contributed by atoms with Crippen LogP contribution in [0.4, 0.5) is 0 Å². The summed E-state index contributed by atoms with van der Waals surface area (Å²) in [5.74, 6) is 0.859. The van der Waals surface area contributed by atoms with E-state index in [0.717, 1.165) is 17.7 Å². The number of aromatic nitrogens is 1. The Hall–Kier alpha value is -0.890. The third-order valence-corrected chi connectivity index (χ3v) is 3.58. The fourth-order valence-corrected chi connectivity index (χ4v) is 2.32. The first-order valence-electron chi connectivity index (χ1n) is 6.39. The fraction of sp³-hybridized carbons (Fsp3) is 0.643. The summed E-state index contributed by atoms with van der Waals surface area (Å²) >= 11 is 0. The highest BCUT2D eigenvalue weighted by Crippen LogP contribution is 2.19. The summed E-state index contributed by atoms with van der Waals surface area (Å²) in [6.45, 7) is 5.51. The predicted octanol–water partition coefficient (Wildman–Crippen LogP) is 2.71. The first-order chi connectivity index (χ1) is 7.74. The number of nitrogens with zero attached hydrogens (tertiary/aromatic N) is 1. The third kappa shape index (κ3) is 3.31. The molecule has 0 amide bonds. The van der Waals surface area contributed by atoms with Gasteiger partial charge in [0, 0.05) is 17.9 Å². The van der Waals surface area contributed by atoms with Gasteiger partial charge in [-0.25, -0.2) is 0 Å². The van der Waals surface area contributed by atoms with E-state index in [2.05, 4.69) is 29.4 Å². The lowest BCUT2D eigenvalue weighted by atomic mass is 9.90. The van der Waals surface area contributed by atoms with Crippen molar-refractivity contribution in [1.29, 1.82) is 0 Å². The molecule has 2 rings (SSSR count). The standard InChI is InChI=1S/C14H22N2/c1-11-3-5-13(9-15-11)7-8-14-6-4-12(2)16-10-14/h3,5,9,12,14,16H,4,6-8,10H2,1-2H3. The number of pyridine rings is 1. The van der Waals surface area contributed by atoms with E-state index < -0.39 is 0 Å². The number of rotatable bonds is 3. The van der Waals surface area contributed by atoms with Gasteiger partial charge in [-0.1, -0.05) is 6.07 Å². The Balaban J connectivity index is 1.77. The highest BCUT2D eigenvalue weighted by atomic mass is 14.9. The Bertz CT molecular complexity index is 310. The summed E-state index contributed by atoms with van der Waals surface area (Å²) < 4.78 is 0. The highest BCUT2D eigenvalue weighted by Gasteiger charge is 2.16. The van der Waals surface area contributed by atoms with Gasteiger partial charge >= 0.3 is 0 Å². The molecule has 0 saturated carbocycles. The van der Waals surface area contributed by atoms with Crippen molar-refractivity contribution in [2.24, 2.45) is 5.92 Å². The number of nitrogens with one attached hydrogen (secondary N) is 1. The average Bonchev–Trinajstić information content (AvgIpc) is 2.30. The van der Waals surface area contributed by atoms with Crippen molar-refractivity contribution < 1.29 is 0 Å². The Kier molecular flexibility index (Phi) is 3.94. The number of hydrogen-bond acceptors (Lipinski definition) is 2. The summed E-state index contributed by atoms with van der Waals surface area (Å²) in [4.78, 5) is 4.34. The van der Waals surface area contributed by atoms with Crippen molar-refractivity contribution in [3.05, 3.63) is 29.6 Å². The maximum absolute atomic E-state index is 4.34. The number of piperidine rings is 1. The Morgan fingerprint density at radius 1 is 1.38 bits per heavy atom. The van der Waals surface area contributed by atoms with Crippen LogP contribution in [0.25, 0.3) is 0 Å². The minimum Gasteiger partial charge on any atom is -0.314 e. The first-order valence-corrected chi connectivity index (χ1v) is 6.39. The lowest BCUT2D eigenvalue weighted by molar-refractivity contribution is 0.309. The van der Waals surface area contributed by atoms with E-state index in [9.17, 15) is 0 Å². The van der Waals surface area contributed by atoms with Gasteiger partial charge in [0.15, 0.2) is 0 Å². The molecular formula is C14H22N2. The predicted molar refractivity (Wildman–Crippen MR) is 67.5 cm³/mol. The normalized spacial score (nSPS) is 25.6. The van der Waals surface area contributed by atoms with Crippen LogP contribution in [0.15, 0.2) is 18.3 Å². The molecule has 1 aromatic heterocycles. The average molecular weight is 218 g/mol. The zero-order chi connectivity index (χ0) is 11.4. The molecule has 2 heteroatoms. The van der Waals surface area contributed by atoms with Crippen molar-refractivity contribution in [2.75, 3.05) is 6.54 Å². The van der Waals surface area contributed by atoms with Crippen molar-refractivity contribution in [3.63, 3.8) is 0 Å². The van der Waals surface area contributed by atoms with Crippen LogP contribution in [-0.2, 0) is 6.42 Å². The van der Waals surface area contributed by atoms with E-state index in [1.165, 1.54) is 37.8 Å². The summed E-state index contributed by atoms with van der Waals surface area (Å²) in [5.41, 5.74) is 2.49. The van der Waals surface area contributed by atoms with Crippen molar-refractivity contribution in [1.82, 2.24) is 10.3 Å². The molecule has 2 atom stereocenters. The van der Waals surface area contributed by atoms with Crippen LogP contribution in [-0.4, -0.2) is 17.6 Å². The molecule has 0 radical (unpaired) electrons. The molecule has 2 heterocycles. The number of aryl methyl sites for hydroxylation is 2. The van der Waals surface area contributed by atoms with E-state index in [-0.39, 0.29) is 0 Å². The van der Waals surface area contributed by atoms with Crippen molar-refractivity contribution in [2.45, 2.75) is 45.6 Å². The zero-order valence-corrected chi connectivity index (χ0v) is 10.4. The summed E-state index contributed by atoms with van der Waals surface area (Å²) in [7, 11) is 0. The molecule has 1 aliphatic rings. The smallest absolute Gasteiger partial charge is 0.0372 e. The van der Waals surface area contributed by atoms with Gasteiger partial charge in [-0.05, 0) is 63.6 Å². The van der Waals surface area contributed by atoms with Gasteiger partial charge < -0.3 is 5.32 Å². The minimum absolute atomic E-state index is 0.720. The van der Waals surface area contributed by atoms with Crippen LogP contribution in [0.2, 0.25) is 0 Å². The molecule has 88 valence electrons. The largest absolute Gasteiger partial charge is 0.314 e. The first kappa shape index (κ1) is 11.6. The van der Waals surface area contributed by atoms with Gasteiger partial charge in [-0.2, -0.15) is 0 Å². The van der Waals surface area contributed by atoms with E-state index in [4.69, 9.17) is 0 Å². The molecule has 0 aromatic carbocycles. The van der Waals surface area contributed by atoms with Gasteiger partial charge in [-0.15, -0.1) is 0 Å². The van der Waals surface area contributed by atoms with Gasteiger partial charge in [0.2, 0.25) is 0 Å². The van der Waals surface area contributed by atoms with E-state index in [1.807, 2.05) is 13.1 Å². The molecule has 0 bridgehead atoms. The van der Waals surface area contributed by atoms with Crippen molar-refractivity contribution in [3.8, 4) is 0 Å². The van der Waals surface area contributed by atoms with E-state index >= 15 is 0 Å². The molecule has 1 aromatic rings. The second kappa shape index (κ2) is 5.44. The molecule has 0 spiro atoms. The lowest BCUT2D eigenvalue weighted by Crippen LogP contribution is -2.36. The molecule has 0 aliphatic carbocycles. The molecule has 1 aliphatic heterocycles. The number of hydrogen-bond donors (Lipinski definition) is 1. The lowest BCUT2D eigenvalue weighted by Gasteiger charge is -2.27. The highest BCUT2D eigenvalue weighted by molar-refractivity contribution is 5.13. The fourth-order valence-electron chi connectivity index (χ4n) is 2.32. The second-order valence-corrected chi connectivity index (χ2v) is 5.10. The monoisotopic (exact) mass is 218 g/mol. The van der Waals surface area contributed by atoms with E-state index in [0.29, 0.717) is 0 Å². The van der Waals surface area contributed by atoms with E-state index in [1.54, 1.807) is 0 Å². The Morgan fingerprint density at radius 2 is 2.25 bits per heavy atom. The molecule has 1 saturated heterocycles. The Labute approximate surface area is 98.5 Å². The Morgan fingerprint density at radius 3 is 2.88 bits per heavy atom. The SMILES string of the molecule is Cc1ccc(CCC2CCC(C)NC2)cn1. The van der Waals surface area contributed by atoms with Crippen molar-refractivity contribution >= 4 is 0 Å². The topological polar surface area (TPSA) is 24.9 Å². The third-order valence-electron chi connectivity index (χ3n) is 3.58. The van der Waals surface area contributed by atoms with Crippen LogP contribution in [0.1, 0.15) is 37.4 Å². The van der Waals surface area contributed by atoms with Gasteiger partial charge in [0.05, 0.1) is 0 Å². The molecule has 2 nitrogen and oxygen atoms in total. The van der Waals surface area contributed by atoms with Crippen LogP contribution in [0, 0.1) is 12.8 Å².